The number of anilines is 1. The molecule has 3 nitrogen and oxygen atoms in total. The highest BCUT2D eigenvalue weighted by Crippen LogP contribution is 2.25. The van der Waals surface area contributed by atoms with Crippen molar-refractivity contribution < 1.29 is 18.4 Å². The lowest BCUT2D eigenvalue weighted by atomic mass is 10.2. The molecule has 1 aromatic heterocycles. The van der Waals surface area contributed by atoms with Gasteiger partial charge in [0.05, 0.1) is 12.2 Å². The molecular formula is C11H9F2NO2S2. The number of aliphatic hydroxyl groups is 1. The van der Waals surface area contributed by atoms with Gasteiger partial charge in [0.25, 0.3) is 0 Å². The van der Waals surface area contributed by atoms with E-state index in [1.807, 2.05) is 0 Å². The standard InChI is InChI=1S/C11H9F2NO2S2/c12-8-3-4-9(11(13)7(8)6-15)14-18(16)10-2-1-5-17-10/h1-5,14-15H,6H2. The number of hydrogen-bond donors (Lipinski definition) is 2. The molecule has 0 fully saturated rings. The Labute approximate surface area is 109 Å². The highest BCUT2D eigenvalue weighted by molar-refractivity contribution is 7.94. The summed E-state index contributed by atoms with van der Waals surface area (Å²) in [5, 5.41) is 10.6. The molecule has 18 heavy (non-hydrogen) atoms. The van der Waals surface area contributed by atoms with Gasteiger partial charge in [0.1, 0.15) is 22.9 Å². The van der Waals surface area contributed by atoms with Crippen molar-refractivity contribution in [3.05, 3.63) is 46.8 Å². The molecule has 0 saturated carbocycles. The predicted molar refractivity (Wildman–Crippen MR) is 66.6 cm³/mol. The van der Waals surface area contributed by atoms with E-state index in [9.17, 15) is 13.3 Å². The second kappa shape index (κ2) is 5.66. The third-order valence-corrected chi connectivity index (χ3v) is 4.54. The fourth-order valence-corrected chi connectivity index (χ4v) is 3.09. The number of aliphatic hydroxyl groups excluding tert-OH is 1. The first-order chi connectivity index (χ1) is 8.63. The molecule has 2 aromatic rings. The van der Waals surface area contributed by atoms with Crippen LogP contribution in [0.3, 0.4) is 0 Å². The highest BCUT2D eigenvalue weighted by atomic mass is 32.2. The first-order valence-electron chi connectivity index (χ1n) is 4.93. The van der Waals surface area contributed by atoms with Crippen LogP contribution < -0.4 is 4.72 Å². The van der Waals surface area contributed by atoms with Crippen LogP contribution in [-0.4, -0.2) is 9.66 Å². The number of thiophene rings is 1. The van der Waals surface area contributed by atoms with Crippen molar-refractivity contribution in [2.45, 2.75) is 10.8 Å². The molecule has 1 atom stereocenters. The molecule has 0 radical (unpaired) electrons. The fraction of sp³-hybridized carbons (Fsp3) is 0.0909. The van der Waals surface area contributed by atoms with E-state index in [0.717, 1.165) is 12.1 Å². The van der Waals surface area contributed by atoms with Crippen LogP contribution in [0.15, 0.2) is 33.9 Å². The predicted octanol–water partition coefficient (Wildman–Crippen LogP) is 2.65. The van der Waals surface area contributed by atoms with E-state index in [2.05, 4.69) is 4.72 Å². The lowest BCUT2D eigenvalue weighted by molar-refractivity contribution is 0.269. The Morgan fingerprint density at radius 3 is 2.72 bits per heavy atom. The molecule has 0 saturated heterocycles. The summed E-state index contributed by atoms with van der Waals surface area (Å²) in [6.07, 6.45) is 0. The smallest absolute Gasteiger partial charge is 0.233 e. The summed E-state index contributed by atoms with van der Waals surface area (Å²) in [6.45, 7) is -0.751. The number of rotatable bonds is 4. The van der Waals surface area contributed by atoms with Crippen molar-refractivity contribution in [3.63, 3.8) is 0 Å². The number of benzene rings is 1. The minimum Gasteiger partial charge on any atom is -0.587 e. The third-order valence-electron chi connectivity index (χ3n) is 2.22. The Hall–Kier alpha value is -1.15. The van der Waals surface area contributed by atoms with Crippen molar-refractivity contribution in [2.75, 3.05) is 4.72 Å². The molecule has 2 rings (SSSR count). The van der Waals surface area contributed by atoms with Gasteiger partial charge in [-0.3, -0.25) is 0 Å². The molecule has 0 spiro atoms. The van der Waals surface area contributed by atoms with Crippen LogP contribution in [0, 0.1) is 11.6 Å². The van der Waals surface area contributed by atoms with E-state index >= 15 is 0 Å². The summed E-state index contributed by atoms with van der Waals surface area (Å²) in [5.41, 5.74) is -0.546. The van der Waals surface area contributed by atoms with Gasteiger partial charge in [0.2, 0.25) is 4.21 Å². The van der Waals surface area contributed by atoms with Gasteiger partial charge in [-0.15, -0.1) is 0 Å². The molecule has 2 N–H and O–H groups in total. The second-order valence-corrected chi connectivity index (χ2v) is 5.74. The average Bonchev–Trinajstić information content (AvgIpc) is 2.87. The summed E-state index contributed by atoms with van der Waals surface area (Å²) in [4.78, 5) is 0. The quantitative estimate of drug-likeness (QED) is 0.851. The summed E-state index contributed by atoms with van der Waals surface area (Å²) in [6, 6.07) is 5.53. The third kappa shape index (κ3) is 2.64. The van der Waals surface area contributed by atoms with E-state index in [0.29, 0.717) is 4.21 Å². The molecule has 0 aliphatic heterocycles. The maximum absolute atomic E-state index is 13.7. The molecule has 0 amide bonds. The maximum Gasteiger partial charge on any atom is 0.233 e. The van der Waals surface area contributed by atoms with Crippen molar-refractivity contribution in [2.24, 2.45) is 0 Å². The monoisotopic (exact) mass is 289 g/mol. The zero-order valence-electron chi connectivity index (χ0n) is 9.02. The molecule has 0 aliphatic carbocycles. The molecule has 0 bridgehead atoms. The normalized spacial score (nSPS) is 12.4. The van der Waals surface area contributed by atoms with Gasteiger partial charge >= 0.3 is 0 Å². The van der Waals surface area contributed by atoms with Gasteiger partial charge in [-0.1, -0.05) is 11.3 Å². The van der Waals surface area contributed by atoms with Gasteiger partial charge in [-0.2, -0.15) is 4.72 Å². The highest BCUT2D eigenvalue weighted by Gasteiger charge is 2.18. The van der Waals surface area contributed by atoms with Crippen LogP contribution >= 0.6 is 11.3 Å². The zero-order valence-corrected chi connectivity index (χ0v) is 10.7. The summed E-state index contributed by atoms with van der Waals surface area (Å²) < 4.78 is 41.7. The first kappa shape index (κ1) is 13.3. The Bertz CT molecular complexity index is 534. The fourth-order valence-electron chi connectivity index (χ4n) is 1.34. The first-order valence-corrected chi connectivity index (χ1v) is 6.96. The molecule has 1 unspecified atom stereocenters. The summed E-state index contributed by atoms with van der Waals surface area (Å²) in [5.74, 6) is -1.76. The minimum atomic E-state index is -1.61. The SMILES string of the molecule is [O-][S+](Nc1ccc(F)c(CO)c1F)c1cccs1. The van der Waals surface area contributed by atoms with Crippen LogP contribution in [0.1, 0.15) is 5.56 Å². The van der Waals surface area contributed by atoms with Crippen LogP contribution in [-0.2, 0) is 18.0 Å². The van der Waals surface area contributed by atoms with Crippen molar-refractivity contribution in [1.82, 2.24) is 0 Å². The van der Waals surface area contributed by atoms with E-state index in [-0.39, 0.29) is 5.69 Å². The summed E-state index contributed by atoms with van der Waals surface area (Å²) >= 11 is -0.345. The van der Waals surface area contributed by atoms with Crippen LogP contribution in [0.5, 0.6) is 0 Å². The lowest BCUT2D eigenvalue weighted by Gasteiger charge is -2.12. The Morgan fingerprint density at radius 1 is 1.33 bits per heavy atom. The van der Waals surface area contributed by atoms with E-state index in [1.54, 1.807) is 17.5 Å². The lowest BCUT2D eigenvalue weighted by Crippen LogP contribution is -2.13. The average molecular weight is 289 g/mol. The molecule has 1 heterocycles. The van der Waals surface area contributed by atoms with E-state index in [1.165, 1.54) is 11.3 Å². The van der Waals surface area contributed by atoms with E-state index in [4.69, 9.17) is 5.11 Å². The number of hydrogen-bond acceptors (Lipinski definition) is 4. The molecular weight excluding hydrogens is 280 g/mol. The van der Waals surface area contributed by atoms with Crippen molar-refractivity contribution >= 4 is 28.4 Å². The minimum absolute atomic E-state index is 0.104. The van der Waals surface area contributed by atoms with Gasteiger partial charge < -0.3 is 9.66 Å². The molecule has 7 heteroatoms. The van der Waals surface area contributed by atoms with Gasteiger partial charge in [-0.05, 0) is 23.6 Å². The molecule has 96 valence electrons. The number of nitrogens with one attached hydrogen (secondary N) is 1. The Morgan fingerprint density at radius 2 is 2.11 bits per heavy atom. The van der Waals surface area contributed by atoms with Crippen LogP contribution in [0.4, 0.5) is 14.5 Å². The van der Waals surface area contributed by atoms with Gasteiger partial charge in [0.15, 0.2) is 5.82 Å². The topological polar surface area (TPSA) is 55.3 Å². The largest absolute Gasteiger partial charge is 0.587 e. The number of halogens is 2. The van der Waals surface area contributed by atoms with E-state index < -0.39 is 35.2 Å². The van der Waals surface area contributed by atoms with Crippen molar-refractivity contribution in [1.29, 1.82) is 0 Å². The molecule has 1 aromatic carbocycles. The Kier molecular flexibility index (Phi) is 4.18. The van der Waals surface area contributed by atoms with Gasteiger partial charge in [0, 0.05) is 6.07 Å². The van der Waals surface area contributed by atoms with Crippen molar-refractivity contribution in [3.8, 4) is 0 Å². The summed E-state index contributed by atoms with van der Waals surface area (Å²) in [7, 11) is 0. The van der Waals surface area contributed by atoms with Crippen LogP contribution in [0.25, 0.3) is 0 Å². The Balaban J connectivity index is 2.24. The second-order valence-electron chi connectivity index (χ2n) is 3.35. The maximum atomic E-state index is 13.7. The van der Waals surface area contributed by atoms with Gasteiger partial charge in [-0.25, -0.2) is 8.78 Å². The van der Waals surface area contributed by atoms with Crippen LogP contribution in [0.2, 0.25) is 0 Å². The zero-order chi connectivity index (χ0) is 13.1. The molecule has 0 aliphatic rings.